The summed E-state index contributed by atoms with van der Waals surface area (Å²) in [6, 6.07) is 21.0. The van der Waals surface area contributed by atoms with E-state index < -0.39 is 5.72 Å². The average molecular weight is 285 g/mol. The molecule has 0 unspecified atom stereocenters. The van der Waals surface area contributed by atoms with Crippen molar-refractivity contribution in [1.29, 1.82) is 0 Å². The molecule has 2 aliphatic rings. The third-order valence-corrected chi connectivity index (χ3v) is 4.56. The Morgan fingerprint density at radius 3 is 2.73 bits per heavy atom. The summed E-state index contributed by atoms with van der Waals surface area (Å²) >= 11 is 0. The molecule has 22 heavy (non-hydrogen) atoms. The molecule has 2 nitrogen and oxygen atoms in total. The highest BCUT2D eigenvalue weighted by molar-refractivity contribution is 5.94. The highest BCUT2D eigenvalue weighted by Crippen LogP contribution is 2.41. The monoisotopic (exact) mass is 285 g/mol. The molecule has 0 aliphatic carbocycles. The topological polar surface area (TPSA) is 21.3 Å². The molecule has 3 aromatic carbocycles. The third-order valence-electron chi connectivity index (χ3n) is 4.56. The molecular formula is C20H15NO. The summed E-state index contributed by atoms with van der Waals surface area (Å²) in [6.45, 7) is 0. The molecule has 1 spiro atoms. The number of rotatable bonds is 0. The van der Waals surface area contributed by atoms with Gasteiger partial charge in [-0.15, -0.1) is 0 Å². The Bertz CT molecular complexity index is 901. The number of ether oxygens (including phenoxy) is 1. The smallest absolute Gasteiger partial charge is 0.204 e. The first-order chi connectivity index (χ1) is 10.8. The Balaban J connectivity index is 1.61. The van der Waals surface area contributed by atoms with Gasteiger partial charge in [0.2, 0.25) is 5.72 Å². The van der Waals surface area contributed by atoms with Gasteiger partial charge in [-0.3, -0.25) is 0 Å². The van der Waals surface area contributed by atoms with Gasteiger partial charge in [-0.25, -0.2) is 0 Å². The van der Waals surface area contributed by atoms with Crippen molar-refractivity contribution in [1.82, 2.24) is 0 Å². The Labute approximate surface area is 129 Å². The Morgan fingerprint density at radius 1 is 0.909 bits per heavy atom. The largest absolute Gasteiger partial charge is 0.464 e. The van der Waals surface area contributed by atoms with Crippen molar-refractivity contribution in [2.45, 2.75) is 12.1 Å². The van der Waals surface area contributed by atoms with Gasteiger partial charge in [-0.1, -0.05) is 48.5 Å². The summed E-state index contributed by atoms with van der Waals surface area (Å²) in [5, 5.41) is 6.01. The van der Waals surface area contributed by atoms with Crippen molar-refractivity contribution in [2.24, 2.45) is 0 Å². The molecule has 0 saturated heterocycles. The van der Waals surface area contributed by atoms with E-state index in [9.17, 15) is 0 Å². The minimum Gasteiger partial charge on any atom is -0.464 e. The van der Waals surface area contributed by atoms with E-state index in [1.54, 1.807) is 0 Å². The molecule has 0 radical (unpaired) electrons. The van der Waals surface area contributed by atoms with Crippen LogP contribution in [0.2, 0.25) is 0 Å². The van der Waals surface area contributed by atoms with Crippen LogP contribution in [0.3, 0.4) is 0 Å². The number of hydrogen-bond donors (Lipinski definition) is 1. The fraction of sp³-hybridized carbons (Fsp3) is 0.100. The summed E-state index contributed by atoms with van der Waals surface area (Å²) in [6.07, 6.45) is 5.20. The van der Waals surface area contributed by atoms with Crippen LogP contribution in [0, 0.1) is 0 Å². The van der Waals surface area contributed by atoms with Crippen molar-refractivity contribution in [3.63, 3.8) is 0 Å². The lowest BCUT2D eigenvalue weighted by molar-refractivity contribution is 0.156. The van der Waals surface area contributed by atoms with E-state index >= 15 is 0 Å². The Kier molecular flexibility index (Phi) is 2.23. The molecule has 0 fully saturated rings. The van der Waals surface area contributed by atoms with Crippen molar-refractivity contribution < 1.29 is 4.74 Å². The fourth-order valence-electron chi connectivity index (χ4n) is 3.50. The van der Waals surface area contributed by atoms with Crippen molar-refractivity contribution in [3.8, 4) is 5.75 Å². The van der Waals surface area contributed by atoms with Crippen LogP contribution in [0.15, 0.2) is 66.7 Å². The lowest BCUT2D eigenvalue weighted by Gasteiger charge is -2.32. The molecule has 2 heteroatoms. The molecule has 5 rings (SSSR count). The zero-order chi connectivity index (χ0) is 14.6. The zero-order valence-electron chi connectivity index (χ0n) is 12.0. The van der Waals surface area contributed by atoms with Crippen molar-refractivity contribution in [2.75, 3.05) is 5.32 Å². The molecule has 2 aliphatic heterocycles. The third kappa shape index (κ3) is 1.61. The first kappa shape index (κ1) is 11.9. The van der Waals surface area contributed by atoms with Crippen LogP contribution in [-0.2, 0) is 6.42 Å². The predicted molar refractivity (Wildman–Crippen MR) is 90.1 cm³/mol. The number of benzene rings is 3. The Hall–Kier alpha value is -2.74. The van der Waals surface area contributed by atoms with Crippen LogP contribution in [0.25, 0.3) is 16.8 Å². The summed E-state index contributed by atoms with van der Waals surface area (Å²) in [5.41, 5.74) is 3.19. The first-order valence-corrected chi connectivity index (χ1v) is 7.59. The maximum atomic E-state index is 6.37. The molecule has 0 saturated carbocycles. The van der Waals surface area contributed by atoms with Gasteiger partial charge in [-0.05, 0) is 40.6 Å². The van der Waals surface area contributed by atoms with Crippen LogP contribution in [0.4, 0.5) is 5.69 Å². The molecule has 1 atom stereocenters. The van der Waals surface area contributed by atoms with Crippen molar-refractivity contribution >= 4 is 22.5 Å². The number of hydrogen-bond acceptors (Lipinski definition) is 2. The average Bonchev–Trinajstić information content (AvgIpc) is 2.91. The maximum Gasteiger partial charge on any atom is 0.204 e. The van der Waals surface area contributed by atoms with Crippen LogP contribution < -0.4 is 10.1 Å². The minimum atomic E-state index is -0.445. The predicted octanol–water partition coefficient (Wildman–Crippen LogP) is 4.61. The number of fused-ring (bicyclic) bond motifs is 4. The number of anilines is 1. The van der Waals surface area contributed by atoms with E-state index in [1.807, 2.05) is 0 Å². The van der Waals surface area contributed by atoms with Crippen molar-refractivity contribution in [3.05, 3.63) is 77.9 Å². The molecule has 3 aromatic rings. The van der Waals surface area contributed by atoms with E-state index in [4.69, 9.17) is 4.74 Å². The van der Waals surface area contributed by atoms with E-state index in [0.717, 1.165) is 17.9 Å². The lowest BCUT2D eigenvalue weighted by atomic mass is 9.98. The van der Waals surface area contributed by atoms with Gasteiger partial charge in [0.1, 0.15) is 5.75 Å². The minimum absolute atomic E-state index is 0.445. The summed E-state index contributed by atoms with van der Waals surface area (Å²) < 4.78 is 6.37. The molecule has 0 bridgehead atoms. The second-order valence-electron chi connectivity index (χ2n) is 5.98. The molecule has 0 amide bonds. The first-order valence-electron chi connectivity index (χ1n) is 7.59. The van der Waals surface area contributed by atoms with E-state index in [2.05, 4.69) is 78.1 Å². The maximum absolute atomic E-state index is 6.37. The van der Waals surface area contributed by atoms with E-state index in [0.29, 0.717) is 0 Å². The van der Waals surface area contributed by atoms with Crippen LogP contribution in [0.5, 0.6) is 5.75 Å². The molecule has 2 heterocycles. The van der Waals surface area contributed by atoms with Crippen LogP contribution >= 0.6 is 0 Å². The molecule has 0 aromatic heterocycles. The SMILES string of the molecule is C1=C[C@]2(Cc3ccccc3N2)Oc2ccc3ccccc3c21. The Morgan fingerprint density at radius 2 is 1.77 bits per heavy atom. The second kappa shape index (κ2) is 4.14. The second-order valence-corrected chi connectivity index (χ2v) is 5.98. The number of nitrogens with one attached hydrogen (secondary N) is 1. The van der Waals surface area contributed by atoms with Gasteiger partial charge in [0.05, 0.1) is 0 Å². The zero-order valence-corrected chi connectivity index (χ0v) is 12.0. The van der Waals surface area contributed by atoms with E-state index in [-0.39, 0.29) is 0 Å². The highest BCUT2D eigenvalue weighted by atomic mass is 16.5. The van der Waals surface area contributed by atoms with Gasteiger partial charge in [-0.2, -0.15) is 0 Å². The van der Waals surface area contributed by atoms with E-state index in [1.165, 1.54) is 21.9 Å². The normalized spacial score (nSPS) is 21.3. The quantitative estimate of drug-likeness (QED) is 0.651. The van der Waals surface area contributed by atoms with Gasteiger partial charge in [0.25, 0.3) is 0 Å². The molecule has 106 valence electrons. The molecular weight excluding hydrogens is 270 g/mol. The standard InChI is InChI=1S/C20H15NO/c1-3-7-16-14(5-1)9-10-19-17(16)11-12-20(22-19)13-15-6-2-4-8-18(15)21-20/h1-12,21H,13H2/t20-/m1/s1. The van der Waals surface area contributed by atoms with Gasteiger partial charge >= 0.3 is 0 Å². The highest BCUT2D eigenvalue weighted by Gasteiger charge is 2.38. The summed E-state index contributed by atoms with van der Waals surface area (Å²) in [5.74, 6) is 0.946. The van der Waals surface area contributed by atoms with Crippen LogP contribution in [-0.4, -0.2) is 5.72 Å². The van der Waals surface area contributed by atoms with Gasteiger partial charge in [0.15, 0.2) is 0 Å². The molecule has 1 N–H and O–H groups in total. The fourth-order valence-corrected chi connectivity index (χ4v) is 3.50. The van der Waals surface area contributed by atoms with Gasteiger partial charge < -0.3 is 10.1 Å². The number of para-hydroxylation sites is 1. The lowest BCUT2D eigenvalue weighted by Crippen LogP contribution is -2.41. The summed E-state index contributed by atoms with van der Waals surface area (Å²) in [4.78, 5) is 0. The summed E-state index contributed by atoms with van der Waals surface area (Å²) in [7, 11) is 0. The van der Waals surface area contributed by atoms with Gasteiger partial charge in [0, 0.05) is 17.7 Å². The van der Waals surface area contributed by atoms with Crippen LogP contribution in [0.1, 0.15) is 11.1 Å².